The molecule has 422 valence electrons. The molecule has 78 heavy (non-hydrogen) atoms. The molecule has 0 aliphatic carbocycles. The fraction of sp³-hybridized carbons (Fsp3) is 0.429. The van der Waals surface area contributed by atoms with Crippen molar-refractivity contribution in [2.75, 3.05) is 49.7 Å². The molecule has 0 unspecified atom stereocenters. The van der Waals surface area contributed by atoms with Crippen LogP contribution in [0.1, 0.15) is 160 Å². The summed E-state index contributed by atoms with van der Waals surface area (Å²) in [5.74, 6) is 2.41. The normalized spacial score (nSPS) is 11.6. The number of rotatable bonds is 31. The number of carbonyl (C=O) groups excluding carboxylic acids is 2. The summed E-state index contributed by atoms with van der Waals surface area (Å²) in [5, 5.41) is 1.28. The van der Waals surface area contributed by atoms with Gasteiger partial charge in [-0.3, -0.25) is 13.9 Å². The second-order valence-electron chi connectivity index (χ2n) is 20.0. The number of sulfone groups is 1. The van der Waals surface area contributed by atoms with Gasteiger partial charge in [0.15, 0.2) is 21.4 Å². The minimum absolute atomic E-state index is 0. The third-order valence-electron chi connectivity index (χ3n) is 13.4. The first-order chi connectivity index (χ1) is 37.1. The fourth-order valence-corrected chi connectivity index (χ4v) is 10.8. The number of anilines is 1. The first-order valence-corrected chi connectivity index (χ1v) is 31.5. The Morgan fingerprint density at radius 1 is 0.513 bits per heavy atom. The quantitative estimate of drug-likeness (QED) is 0.0232. The number of ether oxygens (including phenoxy) is 2. The molecule has 0 aliphatic rings. The monoisotopic (exact) mass is 1220 g/mol. The van der Waals surface area contributed by atoms with Gasteiger partial charge in [0, 0.05) is 47.5 Å². The van der Waals surface area contributed by atoms with E-state index in [1.165, 1.54) is 42.5 Å². The molecule has 0 saturated heterocycles. The topological polar surface area (TPSA) is 154 Å². The molecule has 7 aromatic rings. The van der Waals surface area contributed by atoms with Crippen molar-refractivity contribution in [2.24, 2.45) is 0 Å². The predicted molar refractivity (Wildman–Crippen MR) is 328 cm³/mol. The van der Waals surface area contributed by atoms with E-state index in [4.69, 9.17) is 18.3 Å². The highest BCUT2D eigenvalue weighted by Gasteiger charge is 2.26. The largest absolute Gasteiger partial charge is 0.494 e. The zero-order valence-corrected chi connectivity index (χ0v) is 50.8. The number of fused-ring (bicyclic) bond motifs is 2. The maximum absolute atomic E-state index is 14.1. The van der Waals surface area contributed by atoms with Crippen molar-refractivity contribution < 1.29 is 44.7 Å². The molecule has 2 aromatic heterocycles. The zero-order valence-electron chi connectivity index (χ0n) is 46.8. The number of ketones is 2. The van der Waals surface area contributed by atoms with Crippen LogP contribution in [0.3, 0.4) is 0 Å². The Kier molecular flexibility index (Phi) is 25.5. The molecule has 5 aromatic carbocycles. The summed E-state index contributed by atoms with van der Waals surface area (Å²) in [6.45, 7) is 15.5. The minimum atomic E-state index is -3.60. The lowest BCUT2D eigenvalue weighted by molar-refractivity contribution is 0.103. The number of benzene rings is 5. The number of furan rings is 2. The van der Waals surface area contributed by atoms with Crippen LogP contribution in [0.2, 0.25) is 0 Å². The van der Waals surface area contributed by atoms with E-state index in [1.807, 2.05) is 54.6 Å². The van der Waals surface area contributed by atoms with Crippen molar-refractivity contribution >= 4 is 83.0 Å². The Morgan fingerprint density at radius 2 is 0.974 bits per heavy atom. The second kappa shape index (κ2) is 31.3. The highest BCUT2D eigenvalue weighted by Crippen LogP contribution is 2.35. The fourth-order valence-electron chi connectivity index (χ4n) is 9.16. The summed E-state index contributed by atoms with van der Waals surface area (Å²) in [6, 6.07) is 34.5. The Balaban J connectivity index is 0.000000305. The Labute approximate surface area is 481 Å². The molecule has 0 N–H and O–H groups in total. The summed E-state index contributed by atoms with van der Waals surface area (Å²) in [7, 11) is -6.79. The number of carbonyl (C=O) groups is 2. The molecule has 0 bridgehead atoms. The van der Waals surface area contributed by atoms with Gasteiger partial charge in [-0.05, 0) is 142 Å². The van der Waals surface area contributed by atoms with Crippen molar-refractivity contribution in [3.05, 3.63) is 160 Å². The van der Waals surface area contributed by atoms with Crippen LogP contribution >= 0.6 is 24.0 Å². The highest BCUT2D eigenvalue weighted by atomic mass is 127. The van der Waals surface area contributed by atoms with Crippen molar-refractivity contribution in [1.29, 1.82) is 0 Å². The standard InChI is InChI=1S/C38H50N2O5S.C25H30O5S.HI/c1-5-8-17-36-37(34-28-32(20-23-35(34)45-36)40(46(4,42)43)29-30-15-12-11-13-16-30)38(41)31-18-21-33(22-19-31)44-27-14-26-39(24-9-6-2)25-10-7-3;1-4-6-8-23-24(21-16-18(17-31(3,27)28)9-14-22(21)30-23)25(26)19-10-12-20(13-11-19)29-15-7-5-2;/h11-13,15-16,18-23,28H,5-10,14,17,24-27,29H2,1-4H3;9-14,16H,4-8,15,17H2,1-3H3;1H. The van der Waals surface area contributed by atoms with E-state index in [0.29, 0.717) is 93.0 Å². The van der Waals surface area contributed by atoms with Gasteiger partial charge in [0.2, 0.25) is 10.0 Å². The van der Waals surface area contributed by atoms with E-state index in [0.717, 1.165) is 81.6 Å². The average Bonchev–Trinajstić information content (AvgIpc) is 4.13. The van der Waals surface area contributed by atoms with Crippen LogP contribution in [0.4, 0.5) is 5.69 Å². The number of sulfonamides is 1. The van der Waals surface area contributed by atoms with E-state index < -0.39 is 19.9 Å². The van der Waals surface area contributed by atoms with Gasteiger partial charge in [-0.1, -0.05) is 103 Å². The van der Waals surface area contributed by atoms with Gasteiger partial charge in [0.25, 0.3) is 0 Å². The molecule has 0 radical (unpaired) electrons. The van der Waals surface area contributed by atoms with Gasteiger partial charge in [-0.15, -0.1) is 24.0 Å². The lowest BCUT2D eigenvalue weighted by Gasteiger charge is -2.22. The summed E-state index contributed by atoms with van der Waals surface area (Å²) in [4.78, 5) is 30.0. The van der Waals surface area contributed by atoms with E-state index in [2.05, 4.69) is 39.5 Å². The van der Waals surface area contributed by atoms with Crippen LogP contribution in [-0.4, -0.2) is 78.7 Å². The van der Waals surface area contributed by atoms with Crippen LogP contribution in [-0.2, 0) is 45.0 Å². The van der Waals surface area contributed by atoms with Crippen LogP contribution in [0.5, 0.6) is 11.5 Å². The maximum Gasteiger partial charge on any atom is 0.232 e. The molecular formula is C63H81IN2O10S2. The lowest BCUT2D eigenvalue weighted by Crippen LogP contribution is -2.29. The zero-order chi connectivity index (χ0) is 55.4. The van der Waals surface area contributed by atoms with Gasteiger partial charge < -0.3 is 23.2 Å². The van der Waals surface area contributed by atoms with Gasteiger partial charge in [-0.2, -0.15) is 0 Å². The molecule has 0 amide bonds. The second-order valence-corrected chi connectivity index (χ2v) is 24.1. The molecule has 12 nitrogen and oxygen atoms in total. The maximum atomic E-state index is 14.1. The third-order valence-corrected chi connectivity index (χ3v) is 15.4. The van der Waals surface area contributed by atoms with Crippen LogP contribution in [0.25, 0.3) is 21.9 Å². The summed E-state index contributed by atoms with van der Waals surface area (Å²) in [5.41, 5.74) is 5.28. The molecule has 0 spiro atoms. The third kappa shape index (κ3) is 18.6. The van der Waals surface area contributed by atoms with Gasteiger partial charge in [-0.25, -0.2) is 16.8 Å². The van der Waals surface area contributed by atoms with E-state index in [1.54, 1.807) is 60.7 Å². The first-order valence-electron chi connectivity index (χ1n) is 27.6. The summed E-state index contributed by atoms with van der Waals surface area (Å²) >= 11 is 0. The lowest BCUT2D eigenvalue weighted by atomic mass is 9.97. The molecule has 7 rings (SSSR count). The van der Waals surface area contributed by atoms with Crippen LogP contribution in [0, 0.1) is 0 Å². The molecule has 0 aliphatic heterocycles. The Morgan fingerprint density at radius 3 is 1.45 bits per heavy atom. The SMILES string of the molecule is CCCCOc1ccc(C(=O)c2c(CCCC)oc3ccc(CS(C)(=O)=O)cc23)cc1.CCCCc1oc2ccc(N(Cc3ccccc3)S(C)(=O)=O)cc2c1C(=O)c1ccc(OCCCN(CCCC)CCCC)cc1.I. The minimum Gasteiger partial charge on any atom is -0.494 e. The number of aryl methyl sites for hydroxylation is 2. The van der Waals surface area contributed by atoms with Crippen LogP contribution in [0.15, 0.2) is 124 Å². The van der Waals surface area contributed by atoms with Crippen molar-refractivity contribution in [2.45, 2.75) is 130 Å². The van der Waals surface area contributed by atoms with Crippen molar-refractivity contribution in [1.82, 2.24) is 4.90 Å². The molecule has 0 atom stereocenters. The molecule has 2 heterocycles. The van der Waals surface area contributed by atoms with Crippen molar-refractivity contribution in [3.63, 3.8) is 0 Å². The van der Waals surface area contributed by atoms with Crippen molar-refractivity contribution in [3.8, 4) is 11.5 Å². The Hall–Kier alpha value is -5.49. The van der Waals surface area contributed by atoms with Gasteiger partial charge >= 0.3 is 0 Å². The number of unbranched alkanes of at least 4 members (excludes halogenated alkanes) is 5. The Bertz CT molecular complexity index is 3200. The molecule has 0 fully saturated rings. The van der Waals surface area contributed by atoms with Gasteiger partial charge in [0.05, 0.1) is 48.6 Å². The number of hydrogen-bond donors (Lipinski definition) is 0. The number of hydrogen-bond acceptors (Lipinski definition) is 11. The molecule has 15 heteroatoms. The highest BCUT2D eigenvalue weighted by molar-refractivity contribution is 14.0. The predicted octanol–water partition coefficient (Wildman–Crippen LogP) is 15.0. The number of halogens is 1. The van der Waals surface area contributed by atoms with Gasteiger partial charge in [0.1, 0.15) is 34.2 Å². The van der Waals surface area contributed by atoms with E-state index in [9.17, 15) is 26.4 Å². The first kappa shape index (κ1) is 63.3. The van der Waals surface area contributed by atoms with E-state index >= 15 is 0 Å². The average molecular weight is 1220 g/mol. The molecule has 0 saturated carbocycles. The van der Waals surface area contributed by atoms with Crippen LogP contribution < -0.4 is 13.8 Å². The number of nitrogens with zero attached hydrogens (tertiary/aromatic N) is 2. The molecular weight excluding hydrogens is 1140 g/mol. The summed E-state index contributed by atoms with van der Waals surface area (Å²) in [6.07, 6.45) is 15.2. The smallest absolute Gasteiger partial charge is 0.232 e. The van der Waals surface area contributed by atoms with E-state index in [-0.39, 0.29) is 47.8 Å². The summed E-state index contributed by atoms with van der Waals surface area (Å²) < 4.78 is 74.7.